The lowest BCUT2D eigenvalue weighted by Gasteiger charge is -2.09. The van der Waals surface area contributed by atoms with Gasteiger partial charge in [0.05, 0.1) is 17.3 Å². The summed E-state index contributed by atoms with van der Waals surface area (Å²) in [5, 5.41) is 3.28. The molecule has 0 aromatic heterocycles. The van der Waals surface area contributed by atoms with Crippen LogP contribution in [0.4, 0.5) is 5.69 Å². The molecule has 3 nitrogen and oxygen atoms in total. The van der Waals surface area contributed by atoms with Crippen LogP contribution in [-0.4, -0.2) is 12.5 Å². The van der Waals surface area contributed by atoms with Gasteiger partial charge in [-0.2, -0.15) is 0 Å². The lowest BCUT2D eigenvalue weighted by Crippen LogP contribution is -2.08. The van der Waals surface area contributed by atoms with Gasteiger partial charge in [0.1, 0.15) is 5.75 Å². The molecule has 0 aliphatic carbocycles. The largest absolute Gasteiger partial charge is 0.493 e. The number of rotatable bonds is 1. The minimum Gasteiger partial charge on any atom is -0.493 e. The van der Waals surface area contributed by atoms with E-state index in [9.17, 15) is 4.79 Å². The molecule has 1 aromatic carbocycles. The Morgan fingerprint density at radius 3 is 3.07 bits per heavy atom. The molecule has 0 saturated carbocycles. The molecule has 0 unspecified atom stereocenters. The van der Waals surface area contributed by atoms with Crippen LogP contribution in [0.15, 0.2) is 12.1 Å². The molecular formula is C10H10ClNO2. The number of carbonyl (C=O) groups excluding carboxylic acids is 1. The molecular weight excluding hydrogens is 202 g/mol. The van der Waals surface area contributed by atoms with Gasteiger partial charge in [0.2, 0.25) is 5.91 Å². The Hall–Kier alpha value is -1.22. The quantitative estimate of drug-likeness (QED) is 0.774. The van der Waals surface area contributed by atoms with Crippen molar-refractivity contribution in [2.75, 3.05) is 11.9 Å². The minimum absolute atomic E-state index is 0.118. The number of carbonyl (C=O) groups is 1. The highest BCUT2D eigenvalue weighted by Gasteiger charge is 2.18. The lowest BCUT2D eigenvalue weighted by molar-refractivity contribution is -0.114. The third-order valence-electron chi connectivity index (χ3n) is 2.13. The molecule has 0 spiro atoms. The lowest BCUT2D eigenvalue weighted by atomic mass is 10.1. The molecule has 1 heterocycles. The van der Waals surface area contributed by atoms with Crippen LogP contribution >= 0.6 is 11.6 Å². The van der Waals surface area contributed by atoms with E-state index in [2.05, 4.69) is 5.32 Å². The highest BCUT2D eigenvalue weighted by molar-refractivity contribution is 6.34. The number of nitrogens with one attached hydrogen (secondary N) is 1. The molecule has 2 rings (SSSR count). The number of fused-ring (bicyclic) bond motifs is 1. The zero-order valence-corrected chi connectivity index (χ0v) is 8.52. The summed E-state index contributed by atoms with van der Waals surface area (Å²) in [6.07, 6.45) is 0.797. The van der Waals surface area contributed by atoms with Crippen molar-refractivity contribution in [1.82, 2.24) is 0 Å². The summed E-state index contributed by atoms with van der Waals surface area (Å²) < 4.78 is 5.37. The van der Waals surface area contributed by atoms with Crippen molar-refractivity contribution < 1.29 is 9.53 Å². The summed E-state index contributed by atoms with van der Waals surface area (Å²) in [5.41, 5.74) is 1.68. The molecule has 0 radical (unpaired) electrons. The van der Waals surface area contributed by atoms with Crippen molar-refractivity contribution in [3.8, 4) is 5.75 Å². The van der Waals surface area contributed by atoms with Gasteiger partial charge in [-0.25, -0.2) is 0 Å². The average Bonchev–Trinajstić information content (AvgIpc) is 2.57. The molecule has 0 atom stereocenters. The normalized spacial score (nSPS) is 13.3. The van der Waals surface area contributed by atoms with E-state index < -0.39 is 0 Å². The first-order chi connectivity index (χ1) is 6.68. The van der Waals surface area contributed by atoms with Crippen LogP contribution in [0.2, 0.25) is 5.02 Å². The summed E-state index contributed by atoms with van der Waals surface area (Å²) >= 11 is 5.98. The number of hydrogen-bond acceptors (Lipinski definition) is 2. The number of ether oxygens (including phenoxy) is 1. The Balaban J connectivity index is 2.46. The van der Waals surface area contributed by atoms with Gasteiger partial charge in [0.15, 0.2) is 0 Å². The van der Waals surface area contributed by atoms with E-state index in [4.69, 9.17) is 16.3 Å². The molecule has 1 amide bonds. The van der Waals surface area contributed by atoms with Crippen molar-refractivity contribution in [3.63, 3.8) is 0 Å². The van der Waals surface area contributed by atoms with E-state index in [-0.39, 0.29) is 5.91 Å². The van der Waals surface area contributed by atoms with Crippen molar-refractivity contribution in [2.45, 2.75) is 13.3 Å². The van der Waals surface area contributed by atoms with Crippen LogP contribution in [0.1, 0.15) is 12.5 Å². The fourth-order valence-electron chi connectivity index (χ4n) is 1.56. The van der Waals surface area contributed by atoms with Gasteiger partial charge in [0.25, 0.3) is 0 Å². The van der Waals surface area contributed by atoms with Crippen molar-refractivity contribution in [3.05, 3.63) is 22.7 Å². The molecule has 74 valence electrons. The number of benzene rings is 1. The minimum atomic E-state index is -0.118. The maximum Gasteiger partial charge on any atom is 0.221 e. The second-order valence-electron chi connectivity index (χ2n) is 3.18. The Morgan fingerprint density at radius 2 is 2.36 bits per heavy atom. The molecule has 0 fully saturated rings. The van der Waals surface area contributed by atoms with E-state index in [0.717, 1.165) is 17.7 Å². The first kappa shape index (κ1) is 9.34. The third-order valence-corrected chi connectivity index (χ3v) is 2.44. The predicted octanol–water partition coefficient (Wildman–Crippen LogP) is 2.23. The number of hydrogen-bond donors (Lipinski definition) is 1. The monoisotopic (exact) mass is 211 g/mol. The third kappa shape index (κ3) is 1.55. The van der Waals surface area contributed by atoms with E-state index in [0.29, 0.717) is 17.3 Å². The van der Waals surface area contributed by atoms with Crippen molar-refractivity contribution >= 4 is 23.2 Å². The summed E-state index contributed by atoms with van der Waals surface area (Å²) in [5.74, 6) is 0.699. The Kier molecular flexibility index (Phi) is 2.33. The molecule has 0 saturated heterocycles. The van der Waals surface area contributed by atoms with Gasteiger partial charge in [-0.3, -0.25) is 4.79 Å². The molecule has 1 aliphatic heterocycles. The van der Waals surface area contributed by atoms with Crippen LogP contribution in [0.3, 0.4) is 0 Å². The van der Waals surface area contributed by atoms with Crippen LogP contribution in [0.25, 0.3) is 0 Å². The Morgan fingerprint density at radius 1 is 1.57 bits per heavy atom. The van der Waals surface area contributed by atoms with Gasteiger partial charge in [-0.05, 0) is 12.1 Å². The summed E-state index contributed by atoms with van der Waals surface area (Å²) in [7, 11) is 0. The summed E-state index contributed by atoms with van der Waals surface area (Å²) in [6, 6.07) is 3.56. The SMILES string of the molecule is CC(=O)Nc1c(Cl)ccc2c1CCO2. The van der Waals surface area contributed by atoms with E-state index in [1.54, 1.807) is 6.07 Å². The van der Waals surface area contributed by atoms with Gasteiger partial charge >= 0.3 is 0 Å². The van der Waals surface area contributed by atoms with E-state index in [1.165, 1.54) is 6.92 Å². The molecule has 0 bridgehead atoms. The highest BCUT2D eigenvalue weighted by atomic mass is 35.5. The second-order valence-corrected chi connectivity index (χ2v) is 3.59. The fraction of sp³-hybridized carbons (Fsp3) is 0.300. The number of anilines is 1. The van der Waals surface area contributed by atoms with Crippen LogP contribution in [0.5, 0.6) is 5.75 Å². The van der Waals surface area contributed by atoms with E-state index >= 15 is 0 Å². The van der Waals surface area contributed by atoms with Gasteiger partial charge < -0.3 is 10.1 Å². The standard InChI is InChI=1S/C10H10ClNO2/c1-6(13)12-10-7-4-5-14-9(7)3-2-8(10)11/h2-3H,4-5H2,1H3,(H,12,13). The van der Waals surface area contributed by atoms with Gasteiger partial charge in [-0.15, -0.1) is 0 Å². The Labute approximate surface area is 87.0 Å². The first-order valence-electron chi connectivity index (χ1n) is 4.40. The molecule has 1 aromatic rings. The first-order valence-corrected chi connectivity index (χ1v) is 4.78. The summed E-state index contributed by atoms with van der Waals surface area (Å²) in [6.45, 7) is 2.12. The maximum absolute atomic E-state index is 11.0. The highest BCUT2D eigenvalue weighted by Crippen LogP contribution is 2.36. The average molecular weight is 212 g/mol. The number of halogens is 1. The van der Waals surface area contributed by atoms with Crippen LogP contribution < -0.4 is 10.1 Å². The van der Waals surface area contributed by atoms with Gasteiger partial charge in [0, 0.05) is 18.9 Å². The molecule has 14 heavy (non-hydrogen) atoms. The predicted molar refractivity (Wildman–Crippen MR) is 55.0 cm³/mol. The molecule has 4 heteroatoms. The zero-order chi connectivity index (χ0) is 10.1. The smallest absolute Gasteiger partial charge is 0.221 e. The summed E-state index contributed by atoms with van der Waals surface area (Å²) in [4.78, 5) is 11.0. The van der Waals surface area contributed by atoms with Crippen molar-refractivity contribution in [1.29, 1.82) is 0 Å². The maximum atomic E-state index is 11.0. The van der Waals surface area contributed by atoms with E-state index in [1.807, 2.05) is 6.07 Å². The van der Waals surface area contributed by atoms with Gasteiger partial charge in [-0.1, -0.05) is 11.6 Å². The zero-order valence-electron chi connectivity index (χ0n) is 7.76. The Bertz CT molecular complexity index is 390. The molecule has 1 N–H and O–H groups in total. The van der Waals surface area contributed by atoms with Crippen molar-refractivity contribution in [2.24, 2.45) is 0 Å². The van der Waals surface area contributed by atoms with Crippen LogP contribution in [-0.2, 0) is 11.2 Å². The second kappa shape index (κ2) is 3.50. The fourth-order valence-corrected chi connectivity index (χ4v) is 1.78. The molecule has 1 aliphatic rings. The topological polar surface area (TPSA) is 38.3 Å². The number of amides is 1. The van der Waals surface area contributed by atoms with Crippen LogP contribution in [0, 0.1) is 0 Å².